The van der Waals surface area contributed by atoms with E-state index in [4.69, 9.17) is 10.2 Å². The van der Waals surface area contributed by atoms with Gasteiger partial charge in [-0.2, -0.15) is 0 Å². The molecule has 4 N–H and O–H groups in total. The average molecular weight is 390 g/mol. The Bertz CT molecular complexity index is 936. The van der Waals surface area contributed by atoms with Gasteiger partial charge in [0.1, 0.15) is 5.76 Å². The summed E-state index contributed by atoms with van der Waals surface area (Å²) in [4.78, 5) is 15.4. The van der Waals surface area contributed by atoms with E-state index in [0.29, 0.717) is 24.2 Å². The summed E-state index contributed by atoms with van der Waals surface area (Å²) in [6.45, 7) is 1.13. The number of benzene rings is 2. The highest BCUT2D eigenvalue weighted by molar-refractivity contribution is 5.89. The van der Waals surface area contributed by atoms with Crippen LogP contribution in [0.25, 0.3) is 0 Å². The molecule has 1 atom stereocenters. The predicted octanol–water partition coefficient (Wildman–Crippen LogP) is 3.07. The second-order valence-electron chi connectivity index (χ2n) is 6.73. The number of primary amides is 1. The number of carbonyl (C=O) groups is 1. The molecule has 0 aliphatic heterocycles. The maximum Gasteiger partial charge on any atom is 0.284 e. The number of hydrogen-bond donors (Lipinski definition) is 3. The van der Waals surface area contributed by atoms with Crippen molar-refractivity contribution in [3.63, 3.8) is 0 Å². The first kappa shape index (κ1) is 20.2. The molecule has 0 fully saturated rings. The molecule has 0 aliphatic rings. The van der Waals surface area contributed by atoms with Crippen molar-refractivity contribution in [3.05, 3.63) is 95.4 Å². The smallest absolute Gasteiger partial charge is 0.284 e. The van der Waals surface area contributed by atoms with Gasteiger partial charge in [-0.3, -0.25) is 9.79 Å². The lowest BCUT2D eigenvalue weighted by atomic mass is 9.92. The van der Waals surface area contributed by atoms with Crippen LogP contribution in [-0.4, -0.2) is 25.5 Å². The number of nitrogens with two attached hydrogens (primary N) is 1. The van der Waals surface area contributed by atoms with E-state index in [1.54, 1.807) is 19.2 Å². The molecular formula is C23H26N4O2. The Morgan fingerprint density at radius 2 is 1.69 bits per heavy atom. The zero-order valence-corrected chi connectivity index (χ0v) is 16.5. The van der Waals surface area contributed by atoms with Gasteiger partial charge in [0.2, 0.25) is 0 Å². The molecule has 2 aromatic carbocycles. The van der Waals surface area contributed by atoms with E-state index in [1.807, 2.05) is 12.1 Å². The van der Waals surface area contributed by atoms with E-state index < -0.39 is 5.91 Å². The van der Waals surface area contributed by atoms with E-state index in [1.165, 1.54) is 11.1 Å². The fourth-order valence-electron chi connectivity index (χ4n) is 3.15. The van der Waals surface area contributed by atoms with Crippen molar-refractivity contribution in [2.75, 3.05) is 13.6 Å². The van der Waals surface area contributed by atoms with Crippen LogP contribution in [0.2, 0.25) is 0 Å². The van der Waals surface area contributed by atoms with Gasteiger partial charge in [0, 0.05) is 19.5 Å². The molecule has 0 spiro atoms. The quantitative estimate of drug-likeness (QED) is 0.407. The van der Waals surface area contributed by atoms with E-state index >= 15 is 0 Å². The summed E-state index contributed by atoms with van der Waals surface area (Å²) in [6.07, 6.45) is 0.926. The molecule has 6 heteroatoms. The highest BCUT2D eigenvalue weighted by Gasteiger charge is 2.14. The SMILES string of the molecule is CN=C(NCc1ccc(C(N)=O)o1)NCC(Cc1ccccc1)c1ccccc1. The molecule has 0 bridgehead atoms. The van der Waals surface area contributed by atoms with Gasteiger partial charge in [0.25, 0.3) is 5.91 Å². The largest absolute Gasteiger partial charge is 0.454 e. The summed E-state index contributed by atoms with van der Waals surface area (Å²) < 4.78 is 5.39. The number of rotatable bonds is 8. The van der Waals surface area contributed by atoms with Gasteiger partial charge in [-0.15, -0.1) is 0 Å². The van der Waals surface area contributed by atoms with Crippen molar-refractivity contribution in [2.24, 2.45) is 10.7 Å². The second kappa shape index (κ2) is 10.1. The van der Waals surface area contributed by atoms with Crippen molar-refractivity contribution < 1.29 is 9.21 Å². The lowest BCUT2D eigenvalue weighted by Crippen LogP contribution is -2.39. The standard InChI is InChI=1S/C23H26N4O2/c1-25-23(27-16-20-12-13-21(29-20)22(24)28)26-15-19(18-10-6-3-7-11-18)14-17-8-4-2-5-9-17/h2-13,19H,14-16H2,1H3,(H2,24,28)(H2,25,26,27). The Morgan fingerprint density at radius 3 is 2.31 bits per heavy atom. The molecule has 1 heterocycles. The van der Waals surface area contributed by atoms with Gasteiger partial charge < -0.3 is 20.8 Å². The maximum absolute atomic E-state index is 11.1. The van der Waals surface area contributed by atoms with E-state index in [-0.39, 0.29) is 5.76 Å². The minimum Gasteiger partial charge on any atom is -0.454 e. The normalized spacial score (nSPS) is 12.4. The molecule has 1 amide bonds. The van der Waals surface area contributed by atoms with Crippen LogP contribution < -0.4 is 16.4 Å². The third-order valence-electron chi connectivity index (χ3n) is 4.67. The maximum atomic E-state index is 11.1. The molecule has 0 saturated heterocycles. The van der Waals surface area contributed by atoms with Crippen LogP contribution in [0.15, 0.2) is 82.2 Å². The third kappa shape index (κ3) is 5.97. The Kier molecular flexibility index (Phi) is 7.05. The van der Waals surface area contributed by atoms with Crippen molar-refractivity contribution >= 4 is 11.9 Å². The summed E-state index contributed by atoms with van der Waals surface area (Å²) in [6, 6.07) is 24.2. The molecule has 0 saturated carbocycles. The molecule has 0 aliphatic carbocycles. The van der Waals surface area contributed by atoms with Crippen LogP contribution in [0.1, 0.15) is 33.4 Å². The fourth-order valence-corrected chi connectivity index (χ4v) is 3.15. The molecule has 3 rings (SSSR count). The Labute approximate surface area is 170 Å². The van der Waals surface area contributed by atoms with Gasteiger partial charge in [-0.25, -0.2) is 0 Å². The number of furan rings is 1. The van der Waals surface area contributed by atoms with Crippen molar-refractivity contribution in [3.8, 4) is 0 Å². The Balaban J connectivity index is 1.61. The van der Waals surface area contributed by atoms with Gasteiger partial charge in [-0.05, 0) is 29.7 Å². The van der Waals surface area contributed by atoms with Crippen LogP contribution in [-0.2, 0) is 13.0 Å². The summed E-state index contributed by atoms with van der Waals surface area (Å²) in [5.74, 6) is 1.14. The highest BCUT2D eigenvalue weighted by atomic mass is 16.3. The molecule has 1 aromatic heterocycles. The molecule has 3 aromatic rings. The Morgan fingerprint density at radius 1 is 1.00 bits per heavy atom. The van der Waals surface area contributed by atoms with Crippen LogP contribution in [0.5, 0.6) is 0 Å². The van der Waals surface area contributed by atoms with Crippen LogP contribution in [0, 0.1) is 0 Å². The average Bonchev–Trinajstić information content (AvgIpc) is 3.24. The number of aliphatic imine (C=N–C) groups is 1. The number of carbonyl (C=O) groups excluding carboxylic acids is 1. The van der Waals surface area contributed by atoms with Gasteiger partial charge >= 0.3 is 0 Å². The first-order valence-electron chi connectivity index (χ1n) is 9.57. The summed E-state index contributed by atoms with van der Waals surface area (Å²) in [5, 5.41) is 6.60. The van der Waals surface area contributed by atoms with Crippen molar-refractivity contribution in [2.45, 2.75) is 18.9 Å². The molecule has 1 unspecified atom stereocenters. The van der Waals surface area contributed by atoms with Gasteiger partial charge in [0.05, 0.1) is 6.54 Å². The lowest BCUT2D eigenvalue weighted by molar-refractivity contribution is 0.0972. The van der Waals surface area contributed by atoms with Crippen LogP contribution in [0.3, 0.4) is 0 Å². The second-order valence-corrected chi connectivity index (χ2v) is 6.73. The summed E-state index contributed by atoms with van der Waals surface area (Å²) >= 11 is 0. The molecule has 29 heavy (non-hydrogen) atoms. The zero-order valence-electron chi connectivity index (χ0n) is 16.5. The Hall–Kier alpha value is -3.54. The van der Waals surface area contributed by atoms with Crippen LogP contribution in [0.4, 0.5) is 0 Å². The third-order valence-corrected chi connectivity index (χ3v) is 4.67. The number of hydrogen-bond acceptors (Lipinski definition) is 3. The predicted molar refractivity (Wildman–Crippen MR) is 115 cm³/mol. The molecule has 6 nitrogen and oxygen atoms in total. The van der Waals surface area contributed by atoms with E-state index in [0.717, 1.165) is 13.0 Å². The first-order chi connectivity index (χ1) is 14.2. The first-order valence-corrected chi connectivity index (χ1v) is 9.57. The molecular weight excluding hydrogens is 364 g/mol. The lowest BCUT2D eigenvalue weighted by Gasteiger charge is -2.20. The van der Waals surface area contributed by atoms with E-state index in [2.05, 4.69) is 64.2 Å². The van der Waals surface area contributed by atoms with Crippen molar-refractivity contribution in [1.82, 2.24) is 10.6 Å². The molecule has 0 radical (unpaired) electrons. The number of amides is 1. The van der Waals surface area contributed by atoms with Crippen molar-refractivity contribution in [1.29, 1.82) is 0 Å². The summed E-state index contributed by atoms with van der Waals surface area (Å²) in [7, 11) is 1.72. The molecule has 150 valence electrons. The zero-order chi connectivity index (χ0) is 20.5. The monoisotopic (exact) mass is 390 g/mol. The van der Waals surface area contributed by atoms with Gasteiger partial charge in [-0.1, -0.05) is 60.7 Å². The number of nitrogens with one attached hydrogen (secondary N) is 2. The number of nitrogens with zero attached hydrogens (tertiary/aromatic N) is 1. The number of guanidine groups is 1. The topological polar surface area (TPSA) is 92.6 Å². The fraction of sp³-hybridized carbons (Fsp3) is 0.217. The van der Waals surface area contributed by atoms with Gasteiger partial charge in [0.15, 0.2) is 11.7 Å². The minimum atomic E-state index is -0.578. The van der Waals surface area contributed by atoms with Crippen LogP contribution >= 0.6 is 0 Å². The summed E-state index contributed by atoms with van der Waals surface area (Å²) in [5.41, 5.74) is 7.79. The highest BCUT2D eigenvalue weighted by Crippen LogP contribution is 2.20. The van der Waals surface area contributed by atoms with E-state index in [9.17, 15) is 4.79 Å². The minimum absolute atomic E-state index is 0.150.